The van der Waals surface area contributed by atoms with Gasteiger partial charge in [0.1, 0.15) is 0 Å². The van der Waals surface area contributed by atoms with Crippen LogP contribution < -0.4 is 5.32 Å². The Morgan fingerprint density at radius 2 is 1.84 bits per heavy atom. The number of aliphatic hydroxyl groups excluding tert-OH is 1. The van der Waals surface area contributed by atoms with Crippen molar-refractivity contribution in [1.82, 2.24) is 19.7 Å². The molecule has 25 heavy (non-hydrogen) atoms. The minimum absolute atomic E-state index is 0.262. The van der Waals surface area contributed by atoms with Crippen LogP contribution in [-0.2, 0) is 0 Å². The van der Waals surface area contributed by atoms with Crippen molar-refractivity contribution in [3.05, 3.63) is 53.4 Å². The summed E-state index contributed by atoms with van der Waals surface area (Å²) in [6.45, 7) is 4.08. The van der Waals surface area contributed by atoms with E-state index in [4.69, 9.17) is 11.6 Å². The maximum atomic E-state index is 9.17. The zero-order valence-corrected chi connectivity index (χ0v) is 14.5. The smallest absolute Gasteiger partial charge is 0.227 e. The van der Waals surface area contributed by atoms with Crippen LogP contribution in [-0.4, -0.2) is 30.0 Å². The van der Waals surface area contributed by atoms with E-state index in [1.165, 1.54) is 6.20 Å². The molecule has 7 nitrogen and oxygen atoms in total. The third-order valence-electron chi connectivity index (χ3n) is 3.61. The third kappa shape index (κ3) is 3.96. The minimum atomic E-state index is -1.51. The van der Waals surface area contributed by atoms with Gasteiger partial charge in [-0.3, -0.25) is 4.68 Å². The third-order valence-corrected chi connectivity index (χ3v) is 3.89. The molecule has 2 aromatic heterocycles. The second-order valence-electron chi connectivity index (χ2n) is 5.81. The summed E-state index contributed by atoms with van der Waals surface area (Å²) in [5.41, 5.74) is 2.47. The molecule has 0 aliphatic rings. The number of benzene rings is 1. The van der Waals surface area contributed by atoms with Gasteiger partial charge in [0.05, 0.1) is 28.8 Å². The predicted octanol–water partition coefficient (Wildman–Crippen LogP) is 3.30. The van der Waals surface area contributed by atoms with Crippen LogP contribution in [0.3, 0.4) is 0 Å². The molecule has 3 aromatic rings. The standard InChI is InChI=1S/C17H18ClN5O2/c1-10(2)23-9-13(7-20-23)21-17-19-8-14(18)15(22-17)11-3-5-12(6-4-11)16(24)25/h3-10,16,24-25H,1-2H3,(H,19,21,22). The molecule has 0 saturated carbocycles. The molecule has 0 radical (unpaired) electrons. The Hall–Kier alpha value is -2.48. The van der Waals surface area contributed by atoms with Crippen LogP contribution in [0.1, 0.15) is 31.7 Å². The zero-order valence-electron chi connectivity index (χ0n) is 13.8. The lowest BCUT2D eigenvalue weighted by molar-refractivity contribution is -0.0424. The molecule has 130 valence electrons. The second-order valence-corrected chi connectivity index (χ2v) is 6.22. The maximum Gasteiger partial charge on any atom is 0.227 e. The lowest BCUT2D eigenvalue weighted by atomic mass is 10.1. The van der Waals surface area contributed by atoms with E-state index in [1.807, 2.05) is 24.7 Å². The molecule has 0 unspecified atom stereocenters. The van der Waals surface area contributed by atoms with E-state index in [0.29, 0.717) is 22.2 Å². The Kier molecular flexibility index (Phi) is 4.98. The Labute approximate surface area is 149 Å². The van der Waals surface area contributed by atoms with E-state index in [0.717, 1.165) is 11.3 Å². The SMILES string of the molecule is CC(C)n1cc(Nc2ncc(Cl)c(-c3ccc(C(O)O)cc3)n2)cn1. The van der Waals surface area contributed by atoms with E-state index in [9.17, 15) is 10.2 Å². The van der Waals surface area contributed by atoms with Crippen molar-refractivity contribution in [1.29, 1.82) is 0 Å². The summed E-state index contributed by atoms with van der Waals surface area (Å²) in [7, 11) is 0. The lowest BCUT2D eigenvalue weighted by Crippen LogP contribution is -2.01. The van der Waals surface area contributed by atoms with Gasteiger partial charge in [-0.2, -0.15) is 5.10 Å². The fraction of sp³-hybridized carbons (Fsp3) is 0.235. The zero-order chi connectivity index (χ0) is 18.0. The molecular formula is C17H18ClN5O2. The van der Waals surface area contributed by atoms with E-state index in [-0.39, 0.29) is 6.04 Å². The van der Waals surface area contributed by atoms with Crippen molar-refractivity contribution in [2.24, 2.45) is 0 Å². The number of hydrogen-bond acceptors (Lipinski definition) is 6. The highest BCUT2D eigenvalue weighted by Crippen LogP contribution is 2.28. The highest BCUT2D eigenvalue weighted by molar-refractivity contribution is 6.32. The quantitative estimate of drug-likeness (QED) is 0.605. The summed E-state index contributed by atoms with van der Waals surface area (Å²) < 4.78 is 1.83. The van der Waals surface area contributed by atoms with Gasteiger partial charge in [-0.05, 0) is 13.8 Å². The van der Waals surface area contributed by atoms with Gasteiger partial charge in [0.25, 0.3) is 0 Å². The number of aliphatic hydroxyl groups is 2. The van der Waals surface area contributed by atoms with Crippen LogP contribution in [0.2, 0.25) is 5.02 Å². The largest absolute Gasteiger partial charge is 0.364 e. The first kappa shape index (κ1) is 17.3. The Balaban J connectivity index is 1.87. The molecule has 0 aliphatic heterocycles. The first-order valence-corrected chi connectivity index (χ1v) is 8.12. The molecule has 3 N–H and O–H groups in total. The van der Waals surface area contributed by atoms with Crippen LogP contribution in [0, 0.1) is 0 Å². The van der Waals surface area contributed by atoms with Crippen molar-refractivity contribution in [2.45, 2.75) is 26.2 Å². The van der Waals surface area contributed by atoms with Gasteiger partial charge in [-0.15, -0.1) is 0 Å². The Morgan fingerprint density at radius 1 is 1.12 bits per heavy atom. The van der Waals surface area contributed by atoms with Gasteiger partial charge in [-0.1, -0.05) is 35.9 Å². The fourth-order valence-electron chi connectivity index (χ4n) is 2.26. The van der Waals surface area contributed by atoms with Gasteiger partial charge in [0.15, 0.2) is 6.29 Å². The number of halogens is 1. The van der Waals surface area contributed by atoms with Crippen LogP contribution in [0.5, 0.6) is 0 Å². The van der Waals surface area contributed by atoms with Crippen molar-refractivity contribution in [2.75, 3.05) is 5.32 Å². The topological polar surface area (TPSA) is 96.1 Å². The molecule has 2 heterocycles. The van der Waals surface area contributed by atoms with Gasteiger partial charge < -0.3 is 15.5 Å². The minimum Gasteiger partial charge on any atom is -0.364 e. The van der Waals surface area contributed by atoms with Crippen molar-refractivity contribution in [3.63, 3.8) is 0 Å². The molecule has 8 heteroatoms. The molecule has 0 fully saturated rings. The van der Waals surface area contributed by atoms with Crippen LogP contribution in [0.15, 0.2) is 42.9 Å². The van der Waals surface area contributed by atoms with Gasteiger partial charge in [0.2, 0.25) is 5.95 Å². The molecule has 0 atom stereocenters. The number of aromatic nitrogens is 4. The van der Waals surface area contributed by atoms with Crippen LogP contribution >= 0.6 is 11.6 Å². The van der Waals surface area contributed by atoms with E-state index in [1.54, 1.807) is 30.5 Å². The maximum absolute atomic E-state index is 9.17. The summed E-state index contributed by atoms with van der Waals surface area (Å²) in [5.74, 6) is 0.397. The number of hydrogen-bond donors (Lipinski definition) is 3. The Morgan fingerprint density at radius 3 is 2.44 bits per heavy atom. The average molecular weight is 360 g/mol. The molecule has 1 aromatic carbocycles. The van der Waals surface area contributed by atoms with Crippen LogP contribution in [0.4, 0.5) is 11.6 Å². The lowest BCUT2D eigenvalue weighted by Gasteiger charge is -2.09. The fourth-order valence-corrected chi connectivity index (χ4v) is 2.46. The first-order chi connectivity index (χ1) is 11.9. The molecule has 3 rings (SSSR count). The highest BCUT2D eigenvalue weighted by Gasteiger charge is 2.11. The van der Waals surface area contributed by atoms with Gasteiger partial charge in [0, 0.05) is 23.4 Å². The normalized spacial score (nSPS) is 11.3. The van der Waals surface area contributed by atoms with Crippen molar-refractivity contribution < 1.29 is 10.2 Å². The van der Waals surface area contributed by atoms with Gasteiger partial charge >= 0.3 is 0 Å². The monoisotopic (exact) mass is 359 g/mol. The summed E-state index contributed by atoms with van der Waals surface area (Å²) in [4.78, 5) is 8.64. The molecule has 0 bridgehead atoms. The number of nitrogens with zero attached hydrogens (tertiary/aromatic N) is 4. The summed E-state index contributed by atoms with van der Waals surface area (Å²) in [5, 5.41) is 26.1. The van der Waals surface area contributed by atoms with Crippen molar-refractivity contribution >= 4 is 23.2 Å². The highest BCUT2D eigenvalue weighted by atomic mass is 35.5. The number of rotatable bonds is 5. The van der Waals surface area contributed by atoms with Crippen molar-refractivity contribution in [3.8, 4) is 11.3 Å². The second kappa shape index (κ2) is 7.18. The molecule has 0 amide bonds. The Bertz CT molecular complexity index is 862. The van der Waals surface area contributed by atoms with E-state index < -0.39 is 6.29 Å². The number of anilines is 2. The summed E-state index contributed by atoms with van der Waals surface area (Å²) in [6, 6.07) is 6.93. The number of nitrogens with one attached hydrogen (secondary N) is 1. The first-order valence-electron chi connectivity index (χ1n) is 7.74. The molecular weight excluding hydrogens is 342 g/mol. The molecule has 0 aliphatic carbocycles. The summed E-state index contributed by atoms with van der Waals surface area (Å²) in [6.07, 6.45) is 3.59. The van der Waals surface area contributed by atoms with Crippen LogP contribution in [0.25, 0.3) is 11.3 Å². The van der Waals surface area contributed by atoms with E-state index in [2.05, 4.69) is 20.4 Å². The predicted molar refractivity (Wildman–Crippen MR) is 95.6 cm³/mol. The summed E-state index contributed by atoms with van der Waals surface area (Å²) >= 11 is 6.21. The van der Waals surface area contributed by atoms with E-state index >= 15 is 0 Å². The average Bonchev–Trinajstić information content (AvgIpc) is 3.05. The van der Waals surface area contributed by atoms with Gasteiger partial charge in [-0.25, -0.2) is 9.97 Å². The molecule has 0 saturated heterocycles. The molecule has 0 spiro atoms.